The number of aliphatic hydroxyl groups excluding tert-OH is 11. The summed E-state index contributed by atoms with van der Waals surface area (Å²) >= 11 is 0. The van der Waals surface area contributed by atoms with E-state index in [1.807, 2.05) is 0 Å². The Hall–Kier alpha value is -0.840. The van der Waals surface area contributed by atoms with Crippen LogP contribution in [0.3, 0.4) is 0 Å². The second-order valence-electron chi connectivity index (χ2n) is 8.41. The summed E-state index contributed by atoms with van der Waals surface area (Å²) in [4.78, 5) is 0. The zero-order chi connectivity index (χ0) is 25.4. The van der Waals surface area contributed by atoms with Crippen LogP contribution in [0, 0.1) is 0 Å². The summed E-state index contributed by atoms with van der Waals surface area (Å²) in [6.45, 7) is -3.14. The van der Waals surface area contributed by atoms with E-state index in [2.05, 4.69) is 0 Å². The second-order valence-corrected chi connectivity index (χ2v) is 8.41. The van der Waals surface area contributed by atoms with Crippen LogP contribution in [-0.2, 0) is 23.7 Å². The van der Waals surface area contributed by atoms with Gasteiger partial charge in [-0.1, -0.05) is 0 Å². The van der Waals surface area contributed by atoms with Gasteiger partial charge in [-0.3, -0.25) is 0 Å². The molecule has 0 spiro atoms. The lowest BCUT2D eigenvalue weighted by Crippen LogP contribution is -2.63. The van der Waals surface area contributed by atoms with Gasteiger partial charge in [0.15, 0.2) is 12.6 Å². The van der Waals surface area contributed by atoms with E-state index in [0.717, 1.165) is 0 Å². The number of ether oxygens (including phenoxy) is 5. The Labute approximate surface area is 220 Å². The first-order chi connectivity index (χ1) is 16.0. The van der Waals surface area contributed by atoms with Crippen LogP contribution >= 0.6 is 0 Å². The Morgan fingerprint density at radius 2 is 1.00 bits per heavy atom. The Balaban J connectivity index is -0.00000259. The quantitative estimate of drug-likeness (QED) is 0.124. The molecule has 39 heavy (non-hydrogen) atoms. The van der Waals surface area contributed by atoms with E-state index < -0.39 is 112 Å². The highest BCUT2D eigenvalue weighted by Crippen LogP contribution is 2.36. The van der Waals surface area contributed by atoms with E-state index in [-0.39, 0.29) is 27.4 Å². The summed E-state index contributed by atoms with van der Waals surface area (Å²) in [5, 5.41) is 109. The van der Waals surface area contributed by atoms with Crippen molar-refractivity contribution in [3.8, 4) is 0 Å². The predicted octanol–water partition coefficient (Wildman–Crippen LogP) is -11.7. The van der Waals surface area contributed by atoms with Crippen molar-refractivity contribution >= 4 is 0 Å². The average Bonchev–Trinajstić information content (AvgIpc) is 3.08. The van der Waals surface area contributed by atoms with Gasteiger partial charge in [-0.2, -0.15) is 0 Å². The fourth-order valence-corrected chi connectivity index (χ4v) is 4.01. The molecule has 3 aliphatic rings. The van der Waals surface area contributed by atoms with Gasteiger partial charge in [0, 0.05) is 0 Å². The smallest absolute Gasteiger partial charge is 0.224 e. The van der Waals surface area contributed by atoms with E-state index >= 15 is 0 Å². The molecule has 14 atom stereocenters. The van der Waals surface area contributed by atoms with Crippen molar-refractivity contribution in [2.24, 2.45) is 0 Å². The Morgan fingerprint density at radius 1 is 0.538 bits per heavy atom. The number of hydrogen-bond acceptors (Lipinski definition) is 16. The molecular formula is C18H42O21. The molecule has 240 valence electrons. The minimum absolute atomic E-state index is 0. The standard InChI is InChI=1S/C18H32O16.5H2O/c19-1-5-8(22)11(25)13(27)16(31-5)30-3-7-9(23)12(26)14(28)17(32-7)34-18(4-21)15(29)10(24)6(2-20)33-18;;;;;/h5-17,19-29H,1-4H2;5*1H2/t5-,6-,7-,8+,9-,10-,11-,12+,13-,14-,15+,16+,17-,18+;;;;;/m1...../s1. The van der Waals surface area contributed by atoms with Gasteiger partial charge in [-0.15, -0.1) is 0 Å². The van der Waals surface area contributed by atoms with Gasteiger partial charge >= 0.3 is 0 Å². The molecule has 3 saturated heterocycles. The highest BCUT2D eigenvalue weighted by atomic mass is 16.8. The van der Waals surface area contributed by atoms with Gasteiger partial charge in [0.25, 0.3) is 0 Å². The minimum atomic E-state index is -2.36. The molecule has 21 N–H and O–H groups in total. The maximum atomic E-state index is 10.3. The third kappa shape index (κ3) is 8.13. The fraction of sp³-hybridized carbons (Fsp3) is 1.00. The summed E-state index contributed by atoms with van der Waals surface area (Å²) in [5.41, 5.74) is 0. The summed E-state index contributed by atoms with van der Waals surface area (Å²) in [6, 6.07) is 0. The third-order valence-electron chi connectivity index (χ3n) is 6.16. The first kappa shape index (κ1) is 42.6. The maximum absolute atomic E-state index is 10.3. The van der Waals surface area contributed by atoms with Crippen molar-refractivity contribution in [3.05, 3.63) is 0 Å². The van der Waals surface area contributed by atoms with E-state index in [1.165, 1.54) is 0 Å². The van der Waals surface area contributed by atoms with Crippen molar-refractivity contribution < 1.29 is 107 Å². The van der Waals surface area contributed by atoms with E-state index in [4.69, 9.17) is 23.7 Å². The molecule has 21 nitrogen and oxygen atoms in total. The molecule has 0 unspecified atom stereocenters. The summed E-state index contributed by atoms with van der Waals surface area (Å²) in [5.74, 6) is -2.36. The normalized spacial score (nSPS) is 45.5. The van der Waals surface area contributed by atoms with Crippen LogP contribution in [0.2, 0.25) is 0 Å². The first-order valence-corrected chi connectivity index (χ1v) is 10.6. The summed E-state index contributed by atoms with van der Waals surface area (Å²) in [6.07, 6.45) is -21.8. The SMILES string of the molecule is O.O.O.O.O.OC[C@H]1O[C@H](OC[C@H]2O[C@H](O[C@]3(CO)O[C@H](CO)[C@@H](O)[C@@H]3O)[C@H](O)[C@@H](O)[C@@H]2O)[C@H](O)[C@H](O)[C@H]1O. The molecule has 3 heterocycles. The summed E-state index contributed by atoms with van der Waals surface area (Å²) < 4.78 is 26.4. The van der Waals surface area contributed by atoms with Crippen molar-refractivity contribution in [3.63, 3.8) is 0 Å². The third-order valence-corrected chi connectivity index (χ3v) is 6.16. The van der Waals surface area contributed by atoms with Crippen LogP contribution in [0.15, 0.2) is 0 Å². The van der Waals surface area contributed by atoms with Crippen LogP contribution in [0.4, 0.5) is 0 Å². The van der Waals surface area contributed by atoms with Crippen LogP contribution in [-0.4, -0.2) is 195 Å². The van der Waals surface area contributed by atoms with Gasteiger partial charge in [0.2, 0.25) is 5.79 Å². The molecule has 0 saturated carbocycles. The van der Waals surface area contributed by atoms with Crippen LogP contribution < -0.4 is 0 Å². The number of rotatable bonds is 8. The molecule has 0 aromatic heterocycles. The topological polar surface area (TPSA) is 426 Å². The molecule has 3 rings (SSSR count). The van der Waals surface area contributed by atoms with Crippen molar-refractivity contribution in [1.82, 2.24) is 0 Å². The molecule has 3 fully saturated rings. The Bertz CT molecular complexity index is 658. The number of hydrogen-bond donors (Lipinski definition) is 11. The second kappa shape index (κ2) is 17.2. The van der Waals surface area contributed by atoms with Gasteiger partial charge in [-0.25, -0.2) is 0 Å². The summed E-state index contributed by atoms with van der Waals surface area (Å²) in [7, 11) is 0. The highest BCUT2D eigenvalue weighted by Gasteiger charge is 2.58. The predicted molar refractivity (Wildman–Crippen MR) is 119 cm³/mol. The van der Waals surface area contributed by atoms with Crippen LogP contribution in [0.25, 0.3) is 0 Å². The highest BCUT2D eigenvalue weighted by molar-refractivity contribution is 4.98. The maximum Gasteiger partial charge on any atom is 0.224 e. The lowest BCUT2D eigenvalue weighted by atomic mass is 9.98. The molecule has 0 aromatic rings. The molecule has 0 radical (unpaired) electrons. The number of aliphatic hydroxyl groups is 11. The van der Waals surface area contributed by atoms with Gasteiger partial charge in [-0.05, 0) is 0 Å². The van der Waals surface area contributed by atoms with Gasteiger partial charge in [0.05, 0.1) is 19.8 Å². The average molecular weight is 595 g/mol. The Kier molecular flexibility index (Phi) is 18.8. The monoisotopic (exact) mass is 594 g/mol. The van der Waals surface area contributed by atoms with Crippen molar-refractivity contribution in [2.45, 2.75) is 85.5 Å². The lowest BCUT2D eigenvalue weighted by molar-refractivity contribution is -0.388. The van der Waals surface area contributed by atoms with Crippen LogP contribution in [0.1, 0.15) is 0 Å². The Morgan fingerprint density at radius 3 is 1.46 bits per heavy atom. The molecule has 3 aliphatic heterocycles. The molecular weight excluding hydrogens is 552 g/mol. The minimum Gasteiger partial charge on any atom is -0.412 e. The zero-order valence-electron chi connectivity index (χ0n) is 20.3. The van der Waals surface area contributed by atoms with Gasteiger partial charge < -0.3 is 107 Å². The molecule has 0 bridgehead atoms. The molecule has 21 heteroatoms. The molecule has 0 aromatic carbocycles. The van der Waals surface area contributed by atoms with Crippen molar-refractivity contribution in [2.75, 3.05) is 26.4 Å². The van der Waals surface area contributed by atoms with Gasteiger partial charge in [0.1, 0.15) is 73.8 Å². The lowest BCUT2D eigenvalue weighted by Gasteiger charge is -2.44. The van der Waals surface area contributed by atoms with E-state index in [9.17, 15) is 56.2 Å². The van der Waals surface area contributed by atoms with E-state index in [0.29, 0.717) is 0 Å². The van der Waals surface area contributed by atoms with Crippen LogP contribution in [0.5, 0.6) is 0 Å². The molecule has 0 aliphatic carbocycles. The zero-order valence-corrected chi connectivity index (χ0v) is 20.3. The molecule has 0 amide bonds. The first-order valence-electron chi connectivity index (χ1n) is 10.6. The van der Waals surface area contributed by atoms with E-state index in [1.54, 1.807) is 0 Å². The van der Waals surface area contributed by atoms with Crippen molar-refractivity contribution in [1.29, 1.82) is 0 Å². The largest absolute Gasteiger partial charge is 0.412 e. The fourth-order valence-electron chi connectivity index (χ4n) is 4.01.